The number of benzene rings is 1. The van der Waals surface area contributed by atoms with E-state index < -0.39 is 11.9 Å². The zero-order valence-electron chi connectivity index (χ0n) is 9.83. The van der Waals surface area contributed by atoms with E-state index in [4.69, 9.17) is 4.74 Å². The van der Waals surface area contributed by atoms with Gasteiger partial charge < -0.3 is 10.1 Å². The number of amides is 1. The number of anilines is 1. The van der Waals surface area contributed by atoms with Crippen LogP contribution in [0.1, 0.15) is 13.3 Å². The molecule has 0 fully saturated rings. The van der Waals surface area contributed by atoms with Gasteiger partial charge in [-0.25, -0.2) is 9.18 Å². The lowest BCUT2D eigenvalue weighted by molar-refractivity contribution is 0.162. The van der Waals surface area contributed by atoms with Crippen LogP contribution >= 0.6 is 0 Å². The van der Waals surface area contributed by atoms with Crippen molar-refractivity contribution in [2.75, 3.05) is 25.0 Å². The van der Waals surface area contributed by atoms with Crippen LogP contribution in [0.2, 0.25) is 0 Å². The molecule has 17 heavy (non-hydrogen) atoms. The molecular weight excluding hydrogens is 223 g/mol. The lowest BCUT2D eigenvalue weighted by Crippen LogP contribution is -2.24. The fourth-order valence-electron chi connectivity index (χ4n) is 1.23. The van der Waals surface area contributed by atoms with Crippen LogP contribution in [0.15, 0.2) is 24.3 Å². The van der Waals surface area contributed by atoms with Crippen LogP contribution in [0.3, 0.4) is 0 Å². The minimum Gasteiger partial charge on any atom is -0.448 e. The predicted molar refractivity (Wildman–Crippen MR) is 64.5 cm³/mol. The fraction of sp³-hybridized carbons (Fsp3) is 0.417. The van der Waals surface area contributed by atoms with Gasteiger partial charge in [0.15, 0.2) is 0 Å². The molecule has 0 unspecified atom stereocenters. The van der Waals surface area contributed by atoms with Crippen LogP contribution in [0.5, 0.6) is 0 Å². The summed E-state index contributed by atoms with van der Waals surface area (Å²) in [7, 11) is 0. The van der Waals surface area contributed by atoms with E-state index in [0.29, 0.717) is 6.54 Å². The van der Waals surface area contributed by atoms with Crippen LogP contribution in [-0.4, -0.2) is 25.8 Å². The quantitative estimate of drug-likeness (QED) is 0.750. The maximum absolute atomic E-state index is 13.2. The van der Waals surface area contributed by atoms with Crippen LogP contribution in [0.25, 0.3) is 0 Å². The van der Waals surface area contributed by atoms with Crippen molar-refractivity contribution in [2.24, 2.45) is 0 Å². The summed E-state index contributed by atoms with van der Waals surface area (Å²) < 4.78 is 18.0. The minimum absolute atomic E-state index is 0.124. The number of carbonyl (C=O) groups excluding carboxylic acids is 1. The molecule has 0 spiro atoms. The Morgan fingerprint density at radius 3 is 2.82 bits per heavy atom. The van der Waals surface area contributed by atoms with Gasteiger partial charge in [-0.3, -0.25) is 5.32 Å². The van der Waals surface area contributed by atoms with Crippen molar-refractivity contribution in [1.82, 2.24) is 5.32 Å². The molecule has 0 bridgehead atoms. The molecule has 0 aromatic heterocycles. The standard InChI is InChI=1S/C12H17FN2O2/c1-2-7-14-8-9-17-12(16)15-11-6-4-3-5-10(11)13/h3-6,14H,2,7-9H2,1H3,(H,15,16). The summed E-state index contributed by atoms with van der Waals surface area (Å²) in [5.41, 5.74) is 0.124. The zero-order chi connectivity index (χ0) is 12.5. The third-order valence-corrected chi connectivity index (χ3v) is 2.05. The van der Waals surface area contributed by atoms with Crippen molar-refractivity contribution < 1.29 is 13.9 Å². The van der Waals surface area contributed by atoms with Gasteiger partial charge in [0, 0.05) is 6.54 Å². The number of para-hydroxylation sites is 1. The largest absolute Gasteiger partial charge is 0.448 e. The molecule has 0 saturated heterocycles. The number of halogens is 1. The van der Waals surface area contributed by atoms with E-state index in [0.717, 1.165) is 13.0 Å². The highest BCUT2D eigenvalue weighted by molar-refractivity contribution is 5.84. The Morgan fingerprint density at radius 1 is 1.35 bits per heavy atom. The minimum atomic E-state index is -0.645. The van der Waals surface area contributed by atoms with Crippen molar-refractivity contribution in [3.8, 4) is 0 Å². The maximum atomic E-state index is 13.2. The highest BCUT2D eigenvalue weighted by Gasteiger charge is 2.06. The molecular formula is C12H17FN2O2. The first kappa shape index (κ1) is 13.4. The third-order valence-electron chi connectivity index (χ3n) is 2.05. The lowest BCUT2D eigenvalue weighted by Gasteiger charge is -2.07. The smallest absolute Gasteiger partial charge is 0.411 e. The summed E-state index contributed by atoms with van der Waals surface area (Å²) in [6, 6.07) is 5.95. The lowest BCUT2D eigenvalue weighted by atomic mass is 10.3. The first-order valence-corrected chi connectivity index (χ1v) is 5.63. The fourth-order valence-corrected chi connectivity index (χ4v) is 1.23. The van der Waals surface area contributed by atoms with Crippen molar-refractivity contribution in [1.29, 1.82) is 0 Å². The number of carbonyl (C=O) groups is 1. The summed E-state index contributed by atoms with van der Waals surface area (Å²) in [5.74, 6) is -0.478. The maximum Gasteiger partial charge on any atom is 0.411 e. The van der Waals surface area contributed by atoms with E-state index in [2.05, 4.69) is 17.6 Å². The van der Waals surface area contributed by atoms with Gasteiger partial charge in [0.25, 0.3) is 0 Å². The molecule has 0 saturated carbocycles. The van der Waals surface area contributed by atoms with Gasteiger partial charge >= 0.3 is 6.09 Å². The average molecular weight is 240 g/mol. The molecule has 1 amide bonds. The molecule has 0 aliphatic heterocycles. The number of rotatable bonds is 6. The topological polar surface area (TPSA) is 50.4 Å². The molecule has 94 valence electrons. The second-order valence-electron chi connectivity index (χ2n) is 3.49. The van der Waals surface area contributed by atoms with Gasteiger partial charge in [-0.15, -0.1) is 0 Å². The van der Waals surface area contributed by atoms with Crippen LogP contribution < -0.4 is 10.6 Å². The van der Waals surface area contributed by atoms with E-state index in [1.807, 2.05) is 0 Å². The third kappa shape index (κ3) is 5.31. The summed E-state index contributed by atoms with van der Waals surface area (Å²) in [6.45, 7) is 3.80. The Kier molecular flexibility index (Phi) is 6.03. The Bertz CT molecular complexity index is 358. The van der Waals surface area contributed by atoms with E-state index in [1.165, 1.54) is 12.1 Å². The zero-order valence-corrected chi connectivity index (χ0v) is 9.83. The predicted octanol–water partition coefficient (Wildman–Crippen LogP) is 2.37. The van der Waals surface area contributed by atoms with Gasteiger partial charge in [-0.05, 0) is 25.1 Å². The Morgan fingerprint density at radius 2 is 2.12 bits per heavy atom. The Balaban J connectivity index is 2.23. The number of nitrogens with one attached hydrogen (secondary N) is 2. The second-order valence-corrected chi connectivity index (χ2v) is 3.49. The molecule has 0 atom stereocenters. The van der Waals surface area contributed by atoms with Gasteiger partial charge in [0.05, 0.1) is 5.69 Å². The number of hydrogen-bond acceptors (Lipinski definition) is 3. The summed E-state index contributed by atoms with van der Waals surface area (Å²) in [6.07, 6.45) is 0.384. The van der Waals surface area contributed by atoms with E-state index in [9.17, 15) is 9.18 Å². The van der Waals surface area contributed by atoms with E-state index >= 15 is 0 Å². The molecule has 0 heterocycles. The van der Waals surface area contributed by atoms with Crippen LogP contribution in [0.4, 0.5) is 14.9 Å². The molecule has 0 aliphatic carbocycles. The van der Waals surface area contributed by atoms with Gasteiger partial charge in [-0.2, -0.15) is 0 Å². The first-order valence-electron chi connectivity index (χ1n) is 5.63. The first-order chi connectivity index (χ1) is 8.24. The summed E-state index contributed by atoms with van der Waals surface area (Å²) in [5, 5.41) is 5.42. The van der Waals surface area contributed by atoms with Crippen molar-refractivity contribution in [3.63, 3.8) is 0 Å². The Labute approximate surface area is 100 Å². The van der Waals surface area contributed by atoms with E-state index in [1.54, 1.807) is 12.1 Å². The molecule has 4 nitrogen and oxygen atoms in total. The van der Waals surface area contributed by atoms with Gasteiger partial charge in [0.2, 0.25) is 0 Å². The monoisotopic (exact) mass is 240 g/mol. The van der Waals surface area contributed by atoms with Gasteiger partial charge in [-0.1, -0.05) is 19.1 Å². The number of hydrogen-bond donors (Lipinski definition) is 2. The van der Waals surface area contributed by atoms with Crippen molar-refractivity contribution >= 4 is 11.8 Å². The summed E-state index contributed by atoms with van der Waals surface area (Å²) in [4.78, 5) is 11.3. The molecule has 1 aromatic rings. The molecule has 1 aromatic carbocycles. The highest BCUT2D eigenvalue weighted by atomic mass is 19.1. The van der Waals surface area contributed by atoms with Crippen LogP contribution in [-0.2, 0) is 4.74 Å². The SMILES string of the molecule is CCCNCCOC(=O)Nc1ccccc1F. The molecule has 0 radical (unpaired) electrons. The number of ether oxygens (including phenoxy) is 1. The van der Waals surface area contributed by atoms with Crippen molar-refractivity contribution in [3.05, 3.63) is 30.1 Å². The molecule has 1 rings (SSSR count). The Hall–Kier alpha value is -1.62. The molecule has 5 heteroatoms. The molecule has 0 aliphatic rings. The van der Waals surface area contributed by atoms with Crippen LogP contribution in [0, 0.1) is 5.82 Å². The average Bonchev–Trinajstić information content (AvgIpc) is 2.32. The van der Waals surface area contributed by atoms with E-state index in [-0.39, 0.29) is 12.3 Å². The van der Waals surface area contributed by atoms with Crippen molar-refractivity contribution in [2.45, 2.75) is 13.3 Å². The van der Waals surface area contributed by atoms with Gasteiger partial charge in [0.1, 0.15) is 12.4 Å². The second kappa shape index (κ2) is 7.62. The summed E-state index contributed by atoms with van der Waals surface area (Å²) >= 11 is 0. The highest BCUT2D eigenvalue weighted by Crippen LogP contribution is 2.12. The molecule has 2 N–H and O–H groups in total. The normalized spacial score (nSPS) is 10.0.